The second kappa shape index (κ2) is 10.1. The van der Waals surface area contributed by atoms with Crippen molar-refractivity contribution in [3.8, 4) is 5.75 Å². The van der Waals surface area contributed by atoms with E-state index in [-0.39, 0.29) is 23.8 Å². The Morgan fingerprint density at radius 2 is 1.94 bits per heavy atom. The topological polar surface area (TPSA) is 75.0 Å². The van der Waals surface area contributed by atoms with Gasteiger partial charge in [-0.15, -0.1) is 0 Å². The maximum absolute atomic E-state index is 13.4. The molecule has 7 nitrogen and oxygen atoms in total. The fourth-order valence-corrected chi connectivity index (χ4v) is 4.54. The van der Waals surface area contributed by atoms with E-state index in [9.17, 15) is 9.59 Å². The SMILES string of the molecule is COc1ccc(C(=O)N2CCCC(C(=O)NCC(c3ccco3)N(C)C)C2)c2ccccc12. The number of rotatable bonds is 7. The van der Waals surface area contributed by atoms with Gasteiger partial charge in [0.15, 0.2) is 0 Å². The number of carbonyl (C=O) groups excluding carboxylic acids is 2. The van der Waals surface area contributed by atoms with Gasteiger partial charge in [-0.3, -0.25) is 14.5 Å². The Bertz CT molecular complexity index is 1110. The Kier molecular flexibility index (Phi) is 6.99. The van der Waals surface area contributed by atoms with Crippen molar-refractivity contribution >= 4 is 22.6 Å². The third-order valence-corrected chi connectivity index (χ3v) is 6.38. The summed E-state index contributed by atoms with van der Waals surface area (Å²) in [5.74, 6) is 1.25. The summed E-state index contributed by atoms with van der Waals surface area (Å²) in [6.45, 7) is 1.51. The summed E-state index contributed by atoms with van der Waals surface area (Å²) in [5.41, 5.74) is 0.637. The van der Waals surface area contributed by atoms with Crippen molar-refractivity contribution < 1.29 is 18.7 Å². The molecule has 4 rings (SSSR count). The maximum Gasteiger partial charge on any atom is 0.254 e. The van der Waals surface area contributed by atoms with Gasteiger partial charge in [0.25, 0.3) is 5.91 Å². The number of furan rings is 1. The molecule has 1 aliphatic heterocycles. The Morgan fingerprint density at radius 1 is 1.15 bits per heavy atom. The second-order valence-corrected chi connectivity index (χ2v) is 8.69. The average molecular weight is 450 g/mol. The number of nitrogens with one attached hydrogen (secondary N) is 1. The van der Waals surface area contributed by atoms with Crippen molar-refractivity contribution in [2.24, 2.45) is 5.92 Å². The lowest BCUT2D eigenvalue weighted by Crippen LogP contribution is -2.46. The lowest BCUT2D eigenvalue weighted by Gasteiger charge is -2.33. The highest BCUT2D eigenvalue weighted by Gasteiger charge is 2.30. The van der Waals surface area contributed by atoms with Gasteiger partial charge in [0.1, 0.15) is 11.5 Å². The van der Waals surface area contributed by atoms with Gasteiger partial charge < -0.3 is 19.4 Å². The van der Waals surface area contributed by atoms with E-state index in [0.717, 1.165) is 35.1 Å². The summed E-state index contributed by atoms with van der Waals surface area (Å²) >= 11 is 0. The maximum atomic E-state index is 13.4. The lowest BCUT2D eigenvalue weighted by molar-refractivity contribution is -0.126. The van der Waals surface area contributed by atoms with Crippen LogP contribution in [0.5, 0.6) is 5.75 Å². The molecule has 2 aromatic carbocycles. The van der Waals surface area contributed by atoms with Crippen molar-refractivity contribution in [2.75, 3.05) is 40.8 Å². The molecule has 0 bridgehead atoms. The van der Waals surface area contributed by atoms with Crippen molar-refractivity contribution in [1.29, 1.82) is 0 Å². The number of hydrogen-bond acceptors (Lipinski definition) is 5. The molecule has 0 saturated carbocycles. The van der Waals surface area contributed by atoms with Gasteiger partial charge in [-0.1, -0.05) is 24.3 Å². The molecule has 7 heteroatoms. The quantitative estimate of drug-likeness (QED) is 0.595. The first-order valence-corrected chi connectivity index (χ1v) is 11.3. The summed E-state index contributed by atoms with van der Waals surface area (Å²) in [5, 5.41) is 4.84. The monoisotopic (exact) mass is 449 g/mol. The number of ether oxygens (including phenoxy) is 1. The standard InChI is InChI=1S/C26H31N3O4/c1-28(2)22(24-11-7-15-33-24)16-27-25(30)18-8-6-14-29(17-18)26(31)21-12-13-23(32-3)20-10-5-4-9-19(20)21/h4-5,7,9-13,15,18,22H,6,8,14,16-17H2,1-3H3,(H,27,30). The summed E-state index contributed by atoms with van der Waals surface area (Å²) in [4.78, 5) is 30.2. The molecule has 1 aliphatic rings. The fourth-order valence-electron chi connectivity index (χ4n) is 4.54. The molecule has 3 aromatic rings. The molecular weight excluding hydrogens is 418 g/mol. The predicted molar refractivity (Wildman–Crippen MR) is 127 cm³/mol. The minimum Gasteiger partial charge on any atom is -0.496 e. The van der Waals surface area contributed by atoms with Gasteiger partial charge in [0.05, 0.1) is 25.3 Å². The van der Waals surface area contributed by atoms with Crippen LogP contribution in [0.2, 0.25) is 0 Å². The molecule has 2 unspecified atom stereocenters. The molecule has 2 heterocycles. The number of carbonyl (C=O) groups is 2. The lowest BCUT2D eigenvalue weighted by atomic mass is 9.95. The van der Waals surface area contributed by atoms with Crippen LogP contribution in [0.1, 0.15) is 35.0 Å². The minimum atomic E-state index is -0.230. The first kappa shape index (κ1) is 22.9. The molecular formula is C26H31N3O4. The largest absolute Gasteiger partial charge is 0.496 e. The highest BCUT2D eigenvalue weighted by molar-refractivity contribution is 6.08. The molecule has 1 saturated heterocycles. The summed E-state index contributed by atoms with van der Waals surface area (Å²) in [6.07, 6.45) is 3.21. The molecule has 2 amide bonds. The number of methoxy groups -OCH3 is 1. The van der Waals surface area contributed by atoms with E-state index in [1.807, 2.05) is 67.5 Å². The van der Waals surface area contributed by atoms with Crippen LogP contribution in [0.3, 0.4) is 0 Å². The van der Waals surface area contributed by atoms with Crippen molar-refractivity contribution in [3.05, 3.63) is 66.1 Å². The number of likely N-dealkylation sites (N-methyl/N-ethyl adjacent to an activating group) is 1. The zero-order chi connectivity index (χ0) is 23.4. The van der Waals surface area contributed by atoms with Crippen LogP contribution in [0, 0.1) is 5.92 Å². The van der Waals surface area contributed by atoms with Gasteiger partial charge >= 0.3 is 0 Å². The molecule has 174 valence electrons. The van der Waals surface area contributed by atoms with E-state index in [0.29, 0.717) is 25.2 Å². The van der Waals surface area contributed by atoms with Crippen LogP contribution in [-0.2, 0) is 4.79 Å². The number of fused-ring (bicyclic) bond motifs is 1. The van der Waals surface area contributed by atoms with Gasteiger partial charge in [0.2, 0.25) is 5.91 Å². The molecule has 1 N–H and O–H groups in total. The highest BCUT2D eigenvalue weighted by Crippen LogP contribution is 2.30. The van der Waals surface area contributed by atoms with Gasteiger partial charge in [-0.05, 0) is 56.6 Å². The summed E-state index contributed by atoms with van der Waals surface area (Å²) < 4.78 is 11.0. The van der Waals surface area contributed by atoms with E-state index in [2.05, 4.69) is 5.32 Å². The van der Waals surface area contributed by atoms with Crippen LogP contribution in [0.25, 0.3) is 10.8 Å². The summed E-state index contributed by atoms with van der Waals surface area (Å²) in [6, 6.07) is 15.1. The van der Waals surface area contributed by atoms with Crippen molar-refractivity contribution in [2.45, 2.75) is 18.9 Å². The number of piperidine rings is 1. The van der Waals surface area contributed by atoms with Crippen LogP contribution in [0.4, 0.5) is 0 Å². The molecule has 0 radical (unpaired) electrons. The number of benzene rings is 2. The van der Waals surface area contributed by atoms with E-state index < -0.39 is 0 Å². The zero-order valence-electron chi connectivity index (χ0n) is 19.4. The normalized spacial score (nSPS) is 17.2. The Morgan fingerprint density at radius 3 is 2.64 bits per heavy atom. The molecule has 33 heavy (non-hydrogen) atoms. The van der Waals surface area contributed by atoms with Crippen molar-refractivity contribution in [1.82, 2.24) is 15.1 Å². The van der Waals surface area contributed by atoms with Crippen LogP contribution in [-0.4, -0.2) is 62.5 Å². The zero-order valence-corrected chi connectivity index (χ0v) is 19.4. The van der Waals surface area contributed by atoms with Crippen LogP contribution in [0.15, 0.2) is 59.2 Å². The molecule has 1 fully saturated rings. The smallest absolute Gasteiger partial charge is 0.254 e. The minimum absolute atomic E-state index is 0.0227. The average Bonchev–Trinajstić information content (AvgIpc) is 3.37. The highest BCUT2D eigenvalue weighted by atomic mass is 16.5. The van der Waals surface area contributed by atoms with Crippen LogP contribution >= 0.6 is 0 Å². The second-order valence-electron chi connectivity index (χ2n) is 8.69. The van der Waals surface area contributed by atoms with Gasteiger partial charge in [-0.2, -0.15) is 0 Å². The van der Waals surface area contributed by atoms with E-state index in [1.54, 1.807) is 18.3 Å². The number of hydrogen-bond donors (Lipinski definition) is 1. The first-order chi connectivity index (χ1) is 16.0. The number of amides is 2. The van der Waals surface area contributed by atoms with E-state index in [1.165, 1.54) is 0 Å². The Hall–Kier alpha value is -3.32. The Balaban J connectivity index is 1.45. The van der Waals surface area contributed by atoms with Gasteiger partial charge in [0, 0.05) is 30.6 Å². The molecule has 2 atom stereocenters. The molecule has 0 aliphatic carbocycles. The number of nitrogens with zero attached hydrogens (tertiary/aromatic N) is 2. The molecule has 0 spiro atoms. The summed E-state index contributed by atoms with van der Waals surface area (Å²) in [7, 11) is 5.54. The first-order valence-electron chi connectivity index (χ1n) is 11.3. The van der Waals surface area contributed by atoms with E-state index >= 15 is 0 Å². The fraction of sp³-hybridized carbons (Fsp3) is 0.385. The Labute approximate surface area is 194 Å². The predicted octanol–water partition coefficient (Wildman–Crippen LogP) is 3.71. The third kappa shape index (κ3) is 4.88. The van der Waals surface area contributed by atoms with Crippen LogP contribution < -0.4 is 10.1 Å². The van der Waals surface area contributed by atoms with Gasteiger partial charge in [-0.25, -0.2) is 0 Å². The van der Waals surface area contributed by atoms with Crippen molar-refractivity contribution in [3.63, 3.8) is 0 Å². The number of likely N-dealkylation sites (tertiary alicyclic amines) is 1. The third-order valence-electron chi connectivity index (χ3n) is 6.38. The molecule has 1 aromatic heterocycles. The van der Waals surface area contributed by atoms with E-state index in [4.69, 9.17) is 9.15 Å².